The Morgan fingerprint density at radius 2 is 1.92 bits per heavy atom. The van der Waals surface area contributed by atoms with Crippen molar-refractivity contribution in [1.29, 1.82) is 0 Å². The van der Waals surface area contributed by atoms with Crippen LogP contribution in [0.1, 0.15) is 19.5 Å². The van der Waals surface area contributed by atoms with Crippen LogP contribution in [0.5, 0.6) is 5.88 Å². The number of nitrogens with zero attached hydrogens (tertiary/aromatic N) is 3. The Kier molecular flexibility index (Phi) is 4.95. The quantitative estimate of drug-likeness (QED) is 0.736. The van der Waals surface area contributed by atoms with Crippen LogP contribution in [0.2, 0.25) is 5.02 Å². The van der Waals surface area contributed by atoms with Gasteiger partial charge in [0, 0.05) is 6.20 Å². The molecule has 1 N–H and O–H groups in total. The summed E-state index contributed by atoms with van der Waals surface area (Å²) in [6.07, 6.45) is 3.31. The van der Waals surface area contributed by atoms with E-state index in [0.717, 1.165) is 11.4 Å². The second-order valence-corrected chi connectivity index (χ2v) is 6.67. The van der Waals surface area contributed by atoms with Gasteiger partial charge in [-0.25, -0.2) is 4.68 Å². The van der Waals surface area contributed by atoms with Crippen LogP contribution in [0, 0.1) is 6.92 Å². The third kappa shape index (κ3) is 3.86. The smallest absolute Gasteiger partial charge is 0.268 e. The Labute approximate surface area is 156 Å². The first kappa shape index (κ1) is 17.9. The van der Waals surface area contributed by atoms with Gasteiger partial charge in [-0.1, -0.05) is 29.8 Å². The van der Waals surface area contributed by atoms with Gasteiger partial charge in [-0.2, -0.15) is 0 Å². The standard InChI is InChI=1S/C19H19ClN4O2/c1-13-16(10-7-11-21-13)22-18(25)19(2,3)26-17-15(20)12-24(23-17)14-8-5-4-6-9-14/h4-12H,1-3H3,(H,22,25). The second kappa shape index (κ2) is 7.17. The van der Waals surface area contributed by atoms with Crippen molar-refractivity contribution < 1.29 is 9.53 Å². The van der Waals surface area contributed by atoms with Gasteiger partial charge in [-0.15, -0.1) is 5.10 Å². The zero-order valence-corrected chi connectivity index (χ0v) is 15.5. The highest BCUT2D eigenvalue weighted by molar-refractivity contribution is 6.31. The van der Waals surface area contributed by atoms with Gasteiger partial charge in [0.15, 0.2) is 5.60 Å². The van der Waals surface area contributed by atoms with Gasteiger partial charge in [0.25, 0.3) is 11.8 Å². The minimum Gasteiger partial charge on any atom is -0.459 e. The molecule has 0 atom stereocenters. The molecule has 0 unspecified atom stereocenters. The van der Waals surface area contributed by atoms with Gasteiger partial charge in [0.1, 0.15) is 5.02 Å². The molecule has 3 rings (SSSR count). The van der Waals surface area contributed by atoms with Crippen LogP contribution in [0.15, 0.2) is 54.9 Å². The molecule has 0 spiro atoms. The summed E-state index contributed by atoms with van der Waals surface area (Å²) in [7, 11) is 0. The zero-order valence-electron chi connectivity index (χ0n) is 14.7. The molecule has 0 saturated heterocycles. The highest BCUT2D eigenvalue weighted by Crippen LogP contribution is 2.28. The largest absolute Gasteiger partial charge is 0.459 e. The fraction of sp³-hybridized carbons (Fsp3) is 0.211. The van der Waals surface area contributed by atoms with Crippen molar-refractivity contribution in [2.24, 2.45) is 0 Å². The fourth-order valence-electron chi connectivity index (χ4n) is 2.30. The van der Waals surface area contributed by atoms with Crippen molar-refractivity contribution in [3.8, 4) is 11.6 Å². The Hall–Kier alpha value is -2.86. The van der Waals surface area contributed by atoms with E-state index in [2.05, 4.69) is 15.4 Å². The van der Waals surface area contributed by atoms with E-state index in [-0.39, 0.29) is 11.8 Å². The molecule has 0 aliphatic carbocycles. The molecule has 6 nitrogen and oxygen atoms in total. The molecule has 1 amide bonds. The van der Waals surface area contributed by atoms with Gasteiger partial charge < -0.3 is 10.1 Å². The molecular formula is C19H19ClN4O2. The number of para-hydroxylation sites is 1. The summed E-state index contributed by atoms with van der Waals surface area (Å²) >= 11 is 6.24. The molecule has 7 heteroatoms. The van der Waals surface area contributed by atoms with Crippen molar-refractivity contribution in [1.82, 2.24) is 14.8 Å². The number of carbonyl (C=O) groups is 1. The Morgan fingerprint density at radius 3 is 2.62 bits per heavy atom. The van der Waals surface area contributed by atoms with Gasteiger partial charge in [-0.05, 0) is 45.0 Å². The number of nitrogens with one attached hydrogen (secondary N) is 1. The number of aryl methyl sites for hydroxylation is 1. The number of halogens is 1. The van der Waals surface area contributed by atoms with Crippen molar-refractivity contribution in [2.75, 3.05) is 5.32 Å². The number of aromatic nitrogens is 3. The molecule has 1 aromatic carbocycles. The van der Waals surface area contributed by atoms with E-state index in [4.69, 9.17) is 16.3 Å². The van der Waals surface area contributed by atoms with Crippen LogP contribution < -0.4 is 10.1 Å². The minimum atomic E-state index is -1.18. The average Bonchev–Trinajstić information content (AvgIpc) is 2.98. The summed E-state index contributed by atoms with van der Waals surface area (Å²) in [5, 5.41) is 7.49. The van der Waals surface area contributed by atoms with Gasteiger partial charge >= 0.3 is 0 Å². The third-order valence-electron chi connectivity index (χ3n) is 3.81. The molecule has 134 valence electrons. The summed E-state index contributed by atoms with van der Waals surface area (Å²) in [5.74, 6) is -0.127. The molecule has 3 aromatic rings. The SMILES string of the molecule is Cc1ncccc1NC(=O)C(C)(C)Oc1nn(-c2ccccc2)cc1Cl. The topological polar surface area (TPSA) is 69.0 Å². The molecule has 0 bridgehead atoms. The number of hydrogen-bond acceptors (Lipinski definition) is 4. The van der Waals surface area contributed by atoms with Crippen molar-refractivity contribution in [3.63, 3.8) is 0 Å². The van der Waals surface area contributed by atoms with E-state index >= 15 is 0 Å². The molecular weight excluding hydrogens is 352 g/mol. The molecule has 0 aliphatic heterocycles. The number of hydrogen-bond donors (Lipinski definition) is 1. The maximum absolute atomic E-state index is 12.6. The molecule has 0 radical (unpaired) electrons. The lowest BCUT2D eigenvalue weighted by Gasteiger charge is -2.24. The van der Waals surface area contributed by atoms with Crippen molar-refractivity contribution in [2.45, 2.75) is 26.4 Å². The van der Waals surface area contributed by atoms with Crippen LogP contribution in [-0.2, 0) is 4.79 Å². The lowest BCUT2D eigenvalue weighted by atomic mass is 10.1. The normalized spacial score (nSPS) is 11.2. The van der Waals surface area contributed by atoms with Crippen LogP contribution in [-0.4, -0.2) is 26.3 Å². The average molecular weight is 371 g/mol. The molecule has 0 fully saturated rings. The lowest BCUT2D eigenvalue weighted by molar-refractivity contribution is -0.128. The highest BCUT2D eigenvalue weighted by atomic mass is 35.5. The van der Waals surface area contributed by atoms with Crippen LogP contribution >= 0.6 is 11.6 Å². The molecule has 26 heavy (non-hydrogen) atoms. The molecule has 2 heterocycles. The van der Waals surface area contributed by atoms with Gasteiger partial charge in [-0.3, -0.25) is 9.78 Å². The first-order chi connectivity index (χ1) is 12.4. The summed E-state index contributed by atoms with van der Waals surface area (Å²) < 4.78 is 7.42. The number of pyridine rings is 1. The van der Waals surface area contributed by atoms with Crippen LogP contribution in [0.4, 0.5) is 5.69 Å². The predicted molar refractivity (Wildman–Crippen MR) is 101 cm³/mol. The van der Waals surface area contributed by atoms with E-state index in [1.54, 1.807) is 43.1 Å². The van der Waals surface area contributed by atoms with E-state index in [9.17, 15) is 4.79 Å². The fourth-order valence-corrected chi connectivity index (χ4v) is 2.47. The number of amides is 1. The minimum absolute atomic E-state index is 0.193. The Bertz CT molecular complexity index is 922. The Balaban J connectivity index is 1.78. The maximum Gasteiger partial charge on any atom is 0.268 e. The molecule has 0 saturated carbocycles. The van der Waals surface area contributed by atoms with Crippen LogP contribution in [0.25, 0.3) is 5.69 Å². The van der Waals surface area contributed by atoms with E-state index in [1.165, 1.54) is 0 Å². The van der Waals surface area contributed by atoms with Gasteiger partial charge in [0.05, 0.1) is 23.3 Å². The number of anilines is 1. The predicted octanol–water partition coefficient (Wildman–Crippen LogP) is 4.03. The summed E-state index contributed by atoms with van der Waals surface area (Å²) in [6.45, 7) is 5.14. The Morgan fingerprint density at radius 1 is 1.19 bits per heavy atom. The highest BCUT2D eigenvalue weighted by Gasteiger charge is 2.32. The van der Waals surface area contributed by atoms with E-state index < -0.39 is 5.60 Å². The number of benzene rings is 1. The second-order valence-electron chi connectivity index (χ2n) is 6.27. The third-order valence-corrected chi connectivity index (χ3v) is 4.07. The maximum atomic E-state index is 12.6. The summed E-state index contributed by atoms with van der Waals surface area (Å²) in [4.78, 5) is 16.8. The van der Waals surface area contributed by atoms with E-state index in [1.807, 2.05) is 37.3 Å². The molecule has 2 aromatic heterocycles. The van der Waals surface area contributed by atoms with Gasteiger partial charge in [0.2, 0.25) is 0 Å². The van der Waals surface area contributed by atoms with Crippen molar-refractivity contribution >= 4 is 23.2 Å². The zero-order chi connectivity index (χ0) is 18.7. The number of rotatable bonds is 5. The number of carbonyl (C=O) groups excluding carboxylic acids is 1. The lowest BCUT2D eigenvalue weighted by Crippen LogP contribution is -2.42. The van der Waals surface area contributed by atoms with E-state index in [0.29, 0.717) is 10.7 Å². The van der Waals surface area contributed by atoms with Crippen LogP contribution in [0.3, 0.4) is 0 Å². The molecule has 0 aliphatic rings. The summed E-state index contributed by atoms with van der Waals surface area (Å²) in [5.41, 5.74) is 1.03. The number of ether oxygens (including phenoxy) is 1. The first-order valence-electron chi connectivity index (χ1n) is 8.09. The monoisotopic (exact) mass is 370 g/mol. The first-order valence-corrected chi connectivity index (χ1v) is 8.47. The van der Waals surface area contributed by atoms with Crippen molar-refractivity contribution in [3.05, 3.63) is 65.6 Å². The summed E-state index contributed by atoms with van der Waals surface area (Å²) in [6, 6.07) is 13.1.